The average molecular weight is 457 g/mol. The van der Waals surface area contributed by atoms with E-state index < -0.39 is 28.1 Å². The van der Waals surface area contributed by atoms with E-state index in [0.717, 1.165) is 56.9 Å². The van der Waals surface area contributed by atoms with Gasteiger partial charge in [0.25, 0.3) is 10.1 Å². The lowest BCUT2D eigenvalue weighted by molar-refractivity contribution is -0.139. The number of carboxylic acids is 1. The van der Waals surface area contributed by atoms with Crippen LogP contribution in [0.5, 0.6) is 5.75 Å². The predicted molar refractivity (Wildman–Crippen MR) is 124 cm³/mol. The Balaban J connectivity index is 3.68. The van der Waals surface area contributed by atoms with Crippen molar-refractivity contribution < 1.29 is 27.6 Å². The average Bonchev–Trinajstić information content (AvgIpc) is 2.65. The van der Waals surface area contributed by atoms with Gasteiger partial charge in [0.1, 0.15) is 10.6 Å². The Bertz CT molecular complexity index is 840. The van der Waals surface area contributed by atoms with Crippen molar-refractivity contribution >= 4 is 16.1 Å². The lowest BCUT2D eigenvalue weighted by Crippen LogP contribution is -2.25. The molecule has 6 nitrogen and oxygen atoms in total. The molecule has 0 aliphatic heterocycles. The van der Waals surface area contributed by atoms with Crippen molar-refractivity contribution in [3.63, 3.8) is 0 Å². The van der Waals surface area contributed by atoms with Crippen LogP contribution in [-0.4, -0.2) is 30.7 Å². The molecule has 0 heterocycles. The molecule has 1 aromatic carbocycles. The largest absolute Gasteiger partial charge is 0.480 e. The number of unbranched alkanes of at least 4 members (excludes halogenated alkanes) is 4. The number of hydrogen-bond donors (Lipinski definition) is 2. The topological polar surface area (TPSA) is 101 Å². The van der Waals surface area contributed by atoms with E-state index >= 15 is 0 Å². The van der Waals surface area contributed by atoms with Gasteiger partial charge < -0.3 is 9.84 Å². The van der Waals surface area contributed by atoms with Gasteiger partial charge >= 0.3 is 5.97 Å². The Hall–Kier alpha value is -1.60. The smallest absolute Gasteiger partial charge is 0.341 e. The Morgan fingerprint density at radius 1 is 0.935 bits per heavy atom. The fraction of sp³-hybridized carbons (Fsp3) is 0.708. The first-order valence-corrected chi connectivity index (χ1v) is 12.7. The Labute approximate surface area is 188 Å². The van der Waals surface area contributed by atoms with E-state index in [4.69, 9.17) is 9.84 Å². The normalized spacial score (nSPS) is 12.7. The minimum absolute atomic E-state index is 0.0560. The maximum absolute atomic E-state index is 12.3. The van der Waals surface area contributed by atoms with E-state index in [2.05, 4.69) is 27.7 Å². The Kier molecular flexibility index (Phi) is 10.0. The fourth-order valence-electron chi connectivity index (χ4n) is 3.88. The highest BCUT2D eigenvalue weighted by molar-refractivity contribution is 7.86. The van der Waals surface area contributed by atoms with E-state index in [0.29, 0.717) is 5.56 Å². The van der Waals surface area contributed by atoms with Crippen molar-refractivity contribution in [2.45, 2.75) is 109 Å². The molecular weight excluding hydrogens is 416 g/mol. The van der Waals surface area contributed by atoms with Crippen LogP contribution in [0.4, 0.5) is 0 Å². The Morgan fingerprint density at radius 3 is 1.90 bits per heavy atom. The minimum atomic E-state index is -4.62. The second-order valence-corrected chi connectivity index (χ2v) is 11.1. The summed E-state index contributed by atoms with van der Waals surface area (Å²) in [5.41, 5.74) is 0.655. The summed E-state index contributed by atoms with van der Waals surface area (Å²) in [4.78, 5) is 10.8. The van der Waals surface area contributed by atoms with Crippen LogP contribution in [0.2, 0.25) is 0 Å². The third-order valence-corrected chi connectivity index (χ3v) is 6.85. The zero-order chi connectivity index (χ0) is 23.9. The summed E-state index contributed by atoms with van der Waals surface area (Å²) in [7, 11) is -4.62. The summed E-state index contributed by atoms with van der Waals surface area (Å²) in [6, 6.07) is 3.40. The highest BCUT2D eigenvalue weighted by Gasteiger charge is 2.33. The lowest BCUT2D eigenvalue weighted by atomic mass is 9.74. The van der Waals surface area contributed by atoms with Gasteiger partial charge in [-0.15, -0.1) is 0 Å². The van der Waals surface area contributed by atoms with E-state index in [1.165, 1.54) is 6.07 Å². The van der Waals surface area contributed by atoms with Crippen LogP contribution in [-0.2, 0) is 25.7 Å². The van der Waals surface area contributed by atoms with Gasteiger partial charge in [-0.1, -0.05) is 86.1 Å². The molecule has 0 amide bonds. The molecule has 2 N–H and O–H groups in total. The summed E-state index contributed by atoms with van der Waals surface area (Å²) < 4.78 is 40.1. The van der Waals surface area contributed by atoms with Gasteiger partial charge in [0.15, 0.2) is 6.61 Å². The van der Waals surface area contributed by atoms with Gasteiger partial charge in [0.05, 0.1) is 0 Å². The number of aliphatic carboxylic acids is 1. The van der Waals surface area contributed by atoms with Gasteiger partial charge in [-0.05, 0) is 35.3 Å². The van der Waals surface area contributed by atoms with Crippen LogP contribution >= 0.6 is 0 Å². The second kappa shape index (κ2) is 11.3. The molecule has 0 aromatic heterocycles. The molecule has 0 aliphatic rings. The number of benzene rings is 1. The van der Waals surface area contributed by atoms with Crippen LogP contribution in [0.3, 0.4) is 0 Å². The number of hydrogen-bond acceptors (Lipinski definition) is 4. The summed E-state index contributed by atoms with van der Waals surface area (Å²) in [6.07, 6.45) is 7.89. The van der Waals surface area contributed by atoms with Gasteiger partial charge in [-0.3, -0.25) is 4.55 Å². The zero-order valence-electron chi connectivity index (χ0n) is 20.0. The molecule has 0 fully saturated rings. The van der Waals surface area contributed by atoms with Crippen LogP contribution in [0.15, 0.2) is 17.0 Å². The standard InChI is InChI=1S/C24H40O6S/c1-7-9-11-13-23(3,4)18-15-19(24(5,6)14-12-10-8-2)22(30-17-21(25)26)20(16-18)31(27,28)29/h15-16H,7-14,17H2,1-6H3,(H,25,26)(H,27,28,29). The Morgan fingerprint density at radius 2 is 1.45 bits per heavy atom. The molecule has 178 valence electrons. The third-order valence-electron chi connectivity index (χ3n) is 5.99. The highest BCUT2D eigenvalue weighted by Crippen LogP contribution is 2.43. The van der Waals surface area contributed by atoms with Gasteiger partial charge in [-0.25, -0.2) is 4.79 Å². The van der Waals surface area contributed by atoms with Gasteiger partial charge in [0, 0.05) is 5.56 Å². The first-order chi connectivity index (χ1) is 14.3. The van der Waals surface area contributed by atoms with Crippen LogP contribution < -0.4 is 4.74 Å². The van der Waals surface area contributed by atoms with Crippen molar-refractivity contribution in [3.8, 4) is 5.75 Å². The van der Waals surface area contributed by atoms with E-state index in [1.807, 2.05) is 19.9 Å². The van der Waals surface area contributed by atoms with Crippen molar-refractivity contribution in [2.75, 3.05) is 6.61 Å². The lowest BCUT2D eigenvalue weighted by Gasteiger charge is -2.32. The molecule has 0 bridgehead atoms. The molecule has 1 rings (SSSR count). The molecule has 0 aliphatic carbocycles. The number of ether oxygens (including phenoxy) is 1. The van der Waals surface area contributed by atoms with E-state index in [-0.39, 0.29) is 16.1 Å². The van der Waals surface area contributed by atoms with Crippen molar-refractivity contribution in [3.05, 3.63) is 23.3 Å². The molecule has 0 saturated heterocycles. The molecule has 31 heavy (non-hydrogen) atoms. The predicted octanol–water partition coefficient (Wildman–Crippen LogP) is 6.11. The molecule has 0 atom stereocenters. The zero-order valence-corrected chi connectivity index (χ0v) is 20.8. The van der Waals surface area contributed by atoms with Crippen LogP contribution in [0.25, 0.3) is 0 Å². The maximum atomic E-state index is 12.3. The monoisotopic (exact) mass is 456 g/mol. The second-order valence-electron chi connectivity index (χ2n) is 9.69. The quantitative estimate of drug-likeness (QED) is 0.259. The van der Waals surface area contributed by atoms with Crippen molar-refractivity contribution in [1.29, 1.82) is 0 Å². The number of carbonyl (C=O) groups is 1. The number of rotatable bonds is 14. The van der Waals surface area contributed by atoms with Crippen LogP contribution in [0.1, 0.15) is 104 Å². The molecule has 1 aromatic rings. The van der Waals surface area contributed by atoms with Crippen molar-refractivity contribution in [1.82, 2.24) is 0 Å². The summed E-state index contributed by atoms with van der Waals surface area (Å²) in [5.74, 6) is -1.26. The summed E-state index contributed by atoms with van der Waals surface area (Å²) in [6.45, 7) is 11.7. The first kappa shape index (κ1) is 27.4. The van der Waals surface area contributed by atoms with Gasteiger partial charge in [0.2, 0.25) is 0 Å². The fourth-order valence-corrected chi connectivity index (χ4v) is 4.56. The third kappa shape index (κ3) is 8.11. The molecule has 0 radical (unpaired) electrons. The highest BCUT2D eigenvalue weighted by atomic mass is 32.2. The van der Waals surface area contributed by atoms with Gasteiger partial charge in [-0.2, -0.15) is 8.42 Å². The maximum Gasteiger partial charge on any atom is 0.341 e. The molecular formula is C24H40O6S. The van der Waals surface area contributed by atoms with Crippen molar-refractivity contribution in [2.24, 2.45) is 0 Å². The number of carboxylic acid groups (broad SMARTS) is 1. The molecule has 0 spiro atoms. The van der Waals surface area contributed by atoms with Crippen LogP contribution in [0, 0.1) is 0 Å². The minimum Gasteiger partial charge on any atom is -0.480 e. The molecule has 0 unspecified atom stereocenters. The van der Waals surface area contributed by atoms with E-state index in [1.54, 1.807) is 0 Å². The summed E-state index contributed by atoms with van der Waals surface area (Å²) >= 11 is 0. The first-order valence-electron chi connectivity index (χ1n) is 11.3. The SMILES string of the molecule is CCCCCC(C)(C)c1cc(C(C)(C)CCCCC)c(OCC(=O)O)c(S(=O)(=O)O)c1. The van der Waals surface area contributed by atoms with E-state index in [9.17, 15) is 17.8 Å². The summed E-state index contributed by atoms with van der Waals surface area (Å²) in [5, 5.41) is 9.10. The molecule has 0 saturated carbocycles. The molecule has 7 heteroatoms.